The number of hydrogen-bond acceptors (Lipinski definition) is 2. The Hall–Kier alpha value is -1.78. The third kappa shape index (κ3) is 3.09. The van der Waals surface area contributed by atoms with Crippen LogP contribution in [-0.2, 0) is 0 Å². The van der Waals surface area contributed by atoms with E-state index in [4.69, 9.17) is 5.11 Å². The fraction of sp³-hybridized carbons (Fsp3) is 0.417. The Morgan fingerprint density at radius 2 is 2.12 bits per heavy atom. The summed E-state index contributed by atoms with van der Waals surface area (Å²) in [5, 5.41) is 11.2. The summed E-state index contributed by atoms with van der Waals surface area (Å²) in [5.41, 5.74) is 0.934. The zero-order valence-corrected chi connectivity index (χ0v) is 9.40. The quantitative estimate of drug-likeness (QED) is 0.829. The molecule has 1 unspecified atom stereocenters. The minimum absolute atomic E-state index is 0.0497. The Bertz CT molecular complexity index is 394. The van der Waals surface area contributed by atoms with Crippen LogP contribution in [0.2, 0.25) is 0 Å². The van der Waals surface area contributed by atoms with Crippen molar-refractivity contribution in [3.05, 3.63) is 30.1 Å². The molecule has 2 N–H and O–H groups in total. The minimum Gasteiger partial charge on any atom is -0.465 e. The first-order valence-electron chi connectivity index (χ1n) is 5.65. The van der Waals surface area contributed by atoms with Gasteiger partial charge in [0.1, 0.15) is 5.82 Å². The first-order chi connectivity index (χ1) is 8.15. The SMILES string of the molecule is O=C(O)NC1CCCN(c2ccc(F)cc2)C1. The first-order valence-corrected chi connectivity index (χ1v) is 5.65. The van der Waals surface area contributed by atoms with E-state index in [2.05, 4.69) is 10.2 Å². The maximum absolute atomic E-state index is 12.8. The van der Waals surface area contributed by atoms with Crippen LogP contribution >= 0.6 is 0 Å². The third-order valence-corrected chi connectivity index (χ3v) is 2.94. The van der Waals surface area contributed by atoms with Gasteiger partial charge >= 0.3 is 6.09 Å². The van der Waals surface area contributed by atoms with E-state index in [0.717, 1.165) is 25.1 Å². The Balaban J connectivity index is 2.01. The average molecular weight is 238 g/mol. The Kier molecular flexibility index (Phi) is 3.46. The van der Waals surface area contributed by atoms with Gasteiger partial charge in [0.2, 0.25) is 0 Å². The summed E-state index contributed by atoms with van der Waals surface area (Å²) in [6.45, 7) is 1.52. The summed E-state index contributed by atoms with van der Waals surface area (Å²) in [7, 11) is 0. The molecule has 4 nitrogen and oxygen atoms in total. The summed E-state index contributed by atoms with van der Waals surface area (Å²) >= 11 is 0. The summed E-state index contributed by atoms with van der Waals surface area (Å²) in [4.78, 5) is 12.6. The molecule has 1 fully saturated rings. The molecule has 17 heavy (non-hydrogen) atoms. The van der Waals surface area contributed by atoms with Crippen LogP contribution in [0, 0.1) is 5.82 Å². The van der Waals surface area contributed by atoms with Gasteiger partial charge in [-0.15, -0.1) is 0 Å². The number of carbonyl (C=O) groups is 1. The number of piperidine rings is 1. The monoisotopic (exact) mass is 238 g/mol. The molecule has 1 saturated heterocycles. The van der Waals surface area contributed by atoms with E-state index in [1.807, 2.05) is 0 Å². The summed E-state index contributed by atoms with van der Waals surface area (Å²) < 4.78 is 12.8. The molecule has 0 aromatic heterocycles. The van der Waals surface area contributed by atoms with Crippen molar-refractivity contribution in [1.82, 2.24) is 5.32 Å². The molecule has 0 aliphatic carbocycles. The van der Waals surface area contributed by atoms with E-state index >= 15 is 0 Å². The van der Waals surface area contributed by atoms with E-state index in [0.29, 0.717) is 6.54 Å². The highest BCUT2D eigenvalue weighted by molar-refractivity contribution is 5.65. The van der Waals surface area contributed by atoms with Gasteiger partial charge in [-0.3, -0.25) is 0 Å². The second kappa shape index (κ2) is 5.03. The van der Waals surface area contributed by atoms with Crippen molar-refractivity contribution in [2.24, 2.45) is 0 Å². The molecule has 2 rings (SSSR count). The second-order valence-electron chi connectivity index (χ2n) is 4.21. The van der Waals surface area contributed by atoms with Crippen molar-refractivity contribution in [2.75, 3.05) is 18.0 Å². The number of benzene rings is 1. The van der Waals surface area contributed by atoms with Crippen LogP contribution in [0.25, 0.3) is 0 Å². The highest BCUT2D eigenvalue weighted by atomic mass is 19.1. The Morgan fingerprint density at radius 3 is 2.76 bits per heavy atom. The molecule has 92 valence electrons. The number of rotatable bonds is 2. The topological polar surface area (TPSA) is 52.6 Å². The van der Waals surface area contributed by atoms with Crippen molar-refractivity contribution in [2.45, 2.75) is 18.9 Å². The molecular formula is C12H15FN2O2. The van der Waals surface area contributed by atoms with Crippen molar-refractivity contribution in [3.8, 4) is 0 Å². The molecular weight excluding hydrogens is 223 g/mol. The normalized spacial score (nSPS) is 20.1. The van der Waals surface area contributed by atoms with Crippen LogP contribution in [0.4, 0.5) is 14.9 Å². The highest BCUT2D eigenvalue weighted by Gasteiger charge is 2.21. The van der Waals surface area contributed by atoms with Crippen molar-refractivity contribution >= 4 is 11.8 Å². The fourth-order valence-electron chi connectivity index (χ4n) is 2.16. The van der Waals surface area contributed by atoms with Crippen molar-refractivity contribution in [1.29, 1.82) is 0 Å². The first kappa shape index (κ1) is 11.7. The molecule has 1 aliphatic heterocycles. The van der Waals surface area contributed by atoms with Gasteiger partial charge in [0.05, 0.1) is 0 Å². The number of halogens is 1. The number of anilines is 1. The van der Waals surface area contributed by atoms with Crippen LogP contribution in [0.3, 0.4) is 0 Å². The zero-order valence-electron chi connectivity index (χ0n) is 9.40. The molecule has 1 amide bonds. The number of nitrogens with zero attached hydrogens (tertiary/aromatic N) is 1. The maximum atomic E-state index is 12.8. The molecule has 0 saturated carbocycles. The van der Waals surface area contributed by atoms with E-state index in [-0.39, 0.29) is 11.9 Å². The molecule has 5 heteroatoms. The lowest BCUT2D eigenvalue weighted by molar-refractivity contribution is 0.188. The number of nitrogens with one attached hydrogen (secondary N) is 1. The van der Waals surface area contributed by atoms with Crippen molar-refractivity contribution < 1.29 is 14.3 Å². The van der Waals surface area contributed by atoms with Gasteiger partial charge in [-0.05, 0) is 37.1 Å². The van der Waals surface area contributed by atoms with E-state index < -0.39 is 6.09 Å². The molecule has 0 bridgehead atoms. The maximum Gasteiger partial charge on any atom is 0.404 e. The second-order valence-corrected chi connectivity index (χ2v) is 4.21. The molecule has 0 radical (unpaired) electrons. The van der Waals surface area contributed by atoms with Gasteiger partial charge in [-0.25, -0.2) is 9.18 Å². The van der Waals surface area contributed by atoms with Gasteiger partial charge in [0.15, 0.2) is 0 Å². The molecule has 1 heterocycles. The van der Waals surface area contributed by atoms with Crippen LogP contribution < -0.4 is 10.2 Å². The van der Waals surface area contributed by atoms with Gasteiger partial charge in [-0.1, -0.05) is 0 Å². The molecule has 1 aromatic carbocycles. The highest BCUT2D eigenvalue weighted by Crippen LogP contribution is 2.20. The van der Waals surface area contributed by atoms with E-state index in [1.165, 1.54) is 12.1 Å². The summed E-state index contributed by atoms with van der Waals surface area (Å²) in [5.74, 6) is -0.258. The lowest BCUT2D eigenvalue weighted by Crippen LogP contribution is -2.47. The zero-order chi connectivity index (χ0) is 12.3. The molecule has 1 aromatic rings. The Labute approximate surface area is 99.0 Å². The van der Waals surface area contributed by atoms with Crippen LogP contribution in [0.5, 0.6) is 0 Å². The van der Waals surface area contributed by atoms with Crippen LogP contribution in [-0.4, -0.2) is 30.3 Å². The fourth-order valence-corrected chi connectivity index (χ4v) is 2.16. The Morgan fingerprint density at radius 1 is 1.41 bits per heavy atom. The van der Waals surface area contributed by atoms with Gasteiger partial charge in [0, 0.05) is 24.8 Å². The van der Waals surface area contributed by atoms with E-state index in [1.54, 1.807) is 12.1 Å². The summed E-state index contributed by atoms with van der Waals surface area (Å²) in [6.07, 6.45) is 0.794. The largest absolute Gasteiger partial charge is 0.465 e. The van der Waals surface area contributed by atoms with Gasteiger partial charge in [-0.2, -0.15) is 0 Å². The van der Waals surface area contributed by atoms with E-state index in [9.17, 15) is 9.18 Å². The predicted octanol–water partition coefficient (Wildman–Crippen LogP) is 2.06. The molecule has 1 atom stereocenters. The minimum atomic E-state index is -0.990. The number of amides is 1. The lowest BCUT2D eigenvalue weighted by atomic mass is 10.1. The lowest BCUT2D eigenvalue weighted by Gasteiger charge is -2.34. The third-order valence-electron chi connectivity index (χ3n) is 2.94. The predicted molar refractivity (Wildman–Crippen MR) is 62.8 cm³/mol. The smallest absolute Gasteiger partial charge is 0.404 e. The average Bonchev–Trinajstić information content (AvgIpc) is 2.29. The van der Waals surface area contributed by atoms with Crippen molar-refractivity contribution in [3.63, 3.8) is 0 Å². The van der Waals surface area contributed by atoms with Gasteiger partial charge in [0.25, 0.3) is 0 Å². The number of carboxylic acid groups (broad SMARTS) is 1. The number of hydrogen-bond donors (Lipinski definition) is 2. The van der Waals surface area contributed by atoms with Crippen LogP contribution in [0.15, 0.2) is 24.3 Å². The molecule has 0 spiro atoms. The standard InChI is InChI=1S/C12H15FN2O2/c13-9-3-5-11(6-4-9)15-7-1-2-10(8-15)14-12(16)17/h3-6,10,14H,1-2,7-8H2,(H,16,17). The van der Waals surface area contributed by atoms with Gasteiger partial charge < -0.3 is 15.3 Å². The van der Waals surface area contributed by atoms with Crippen LogP contribution in [0.1, 0.15) is 12.8 Å². The summed E-state index contributed by atoms with van der Waals surface area (Å²) in [6, 6.07) is 6.23. The molecule has 1 aliphatic rings.